The van der Waals surface area contributed by atoms with Gasteiger partial charge in [0.2, 0.25) is 6.79 Å². The molecule has 1 aliphatic rings. The maximum atomic E-state index is 6.14. The lowest BCUT2D eigenvalue weighted by Crippen LogP contribution is -2.29. The van der Waals surface area contributed by atoms with Crippen molar-refractivity contribution in [2.45, 2.75) is 44.3 Å². The largest absolute Gasteiger partial charge is 0.454 e. The summed E-state index contributed by atoms with van der Waals surface area (Å²) < 4.78 is 13.4. The maximum Gasteiger partial charge on any atom is 0.231 e. The van der Waals surface area contributed by atoms with Crippen LogP contribution in [0.3, 0.4) is 0 Å². The molecule has 9 nitrogen and oxygen atoms in total. The molecule has 4 aromatic rings. The van der Waals surface area contributed by atoms with Gasteiger partial charge in [0, 0.05) is 41.2 Å². The number of ether oxygens (including phenoxy) is 2. The predicted octanol–water partition coefficient (Wildman–Crippen LogP) is 4.36. The Bertz CT molecular complexity index is 1340. The topological polar surface area (TPSA) is 113 Å². The molecule has 0 radical (unpaired) electrons. The highest BCUT2D eigenvalue weighted by atomic mass is 32.2. The van der Waals surface area contributed by atoms with Crippen molar-refractivity contribution in [3.05, 3.63) is 29.5 Å². The van der Waals surface area contributed by atoms with Crippen LogP contribution in [0, 0.1) is 12.3 Å². The molecule has 0 saturated carbocycles. The van der Waals surface area contributed by atoms with Gasteiger partial charge >= 0.3 is 0 Å². The first-order valence-electron chi connectivity index (χ1n) is 11.0. The highest BCUT2D eigenvalue weighted by molar-refractivity contribution is 7.99. The third-order valence-corrected chi connectivity index (χ3v) is 7.22. The van der Waals surface area contributed by atoms with E-state index in [9.17, 15) is 0 Å². The van der Waals surface area contributed by atoms with Gasteiger partial charge in [-0.1, -0.05) is 32.5 Å². The number of anilines is 1. The highest BCUT2D eigenvalue weighted by Crippen LogP contribution is 2.45. The van der Waals surface area contributed by atoms with Crippen LogP contribution in [0.4, 0.5) is 5.82 Å². The molecule has 0 saturated heterocycles. The first kappa shape index (κ1) is 22.9. The van der Waals surface area contributed by atoms with Crippen molar-refractivity contribution >= 4 is 40.1 Å². The van der Waals surface area contributed by atoms with E-state index in [0.29, 0.717) is 23.6 Å². The van der Waals surface area contributed by atoms with Crippen molar-refractivity contribution < 1.29 is 9.47 Å². The molecule has 178 valence electrons. The zero-order chi connectivity index (χ0) is 23.9. The van der Waals surface area contributed by atoms with Gasteiger partial charge in [-0.3, -0.25) is 0 Å². The Morgan fingerprint density at radius 2 is 1.97 bits per heavy atom. The lowest BCUT2D eigenvalue weighted by Gasteiger charge is -2.19. The number of nitrogen functional groups attached to an aromatic ring is 1. The lowest BCUT2D eigenvalue weighted by molar-refractivity contribution is 0.174. The van der Waals surface area contributed by atoms with Crippen LogP contribution in [0.25, 0.3) is 21.7 Å². The monoisotopic (exact) mass is 497 g/mol. The summed E-state index contributed by atoms with van der Waals surface area (Å²) in [7, 11) is 0. The highest BCUT2D eigenvalue weighted by Gasteiger charge is 2.23. The molecule has 1 aromatic carbocycles. The number of nitrogens with zero attached hydrogens (tertiary/aromatic N) is 5. The van der Waals surface area contributed by atoms with Gasteiger partial charge < -0.3 is 25.1 Å². The molecule has 0 atom stereocenters. The van der Waals surface area contributed by atoms with Gasteiger partial charge in [-0.15, -0.1) is 11.3 Å². The molecule has 0 fully saturated rings. The molecule has 4 heterocycles. The second kappa shape index (κ2) is 9.05. The van der Waals surface area contributed by atoms with Crippen molar-refractivity contribution in [3.63, 3.8) is 0 Å². The number of aryl methyl sites for hydroxylation is 1. The number of imidazole rings is 1. The molecule has 0 bridgehead atoms. The molecular formula is C23H27N7O2S2. The van der Waals surface area contributed by atoms with Crippen LogP contribution in [-0.2, 0) is 6.54 Å². The fourth-order valence-electron chi connectivity index (χ4n) is 3.62. The summed E-state index contributed by atoms with van der Waals surface area (Å²) in [5.74, 6) is 1.81. The number of thiazole rings is 1. The van der Waals surface area contributed by atoms with Crippen LogP contribution in [0.5, 0.6) is 11.5 Å². The van der Waals surface area contributed by atoms with Gasteiger partial charge in [0.25, 0.3) is 0 Å². The van der Waals surface area contributed by atoms with Crippen LogP contribution < -0.4 is 20.5 Å². The number of aromatic nitrogens is 5. The Balaban J connectivity index is 1.53. The van der Waals surface area contributed by atoms with Crippen molar-refractivity contribution in [2.75, 3.05) is 25.6 Å². The molecule has 0 unspecified atom stereocenters. The average Bonchev–Trinajstić information content (AvgIpc) is 3.49. The first-order valence-corrected chi connectivity index (χ1v) is 12.6. The number of nitrogens with two attached hydrogens (primary N) is 1. The van der Waals surface area contributed by atoms with E-state index in [2.05, 4.69) is 45.6 Å². The van der Waals surface area contributed by atoms with E-state index in [-0.39, 0.29) is 12.2 Å². The zero-order valence-corrected chi connectivity index (χ0v) is 21.2. The Kier molecular flexibility index (Phi) is 6.09. The molecule has 5 rings (SSSR count). The number of hydrogen-bond donors (Lipinski definition) is 2. The Morgan fingerprint density at radius 1 is 1.18 bits per heavy atom. The number of benzene rings is 1. The zero-order valence-electron chi connectivity index (χ0n) is 19.6. The van der Waals surface area contributed by atoms with E-state index in [1.54, 1.807) is 23.1 Å². The number of hydrogen-bond acceptors (Lipinski definition) is 10. The van der Waals surface area contributed by atoms with Crippen LogP contribution in [0.15, 0.2) is 34.7 Å². The van der Waals surface area contributed by atoms with E-state index >= 15 is 0 Å². The van der Waals surface area contributed by atoms with E-state index in [1.165, 1.54) is 6.33 Å². The standard InChI is InChI=1S/C23H27N7O2S2/c1-13-9-26-21(33-13)14-7-15-16(32-12-31-15)8-17(14)34-22-29-18-19(24)27-11-28-20(18)30(22)6-5-25-10-23(2,3)4/h7-9,11,25H,5-6,10,12H2,1-4H3,(H2,24,27,28). The van der Waals surface area contributed by atoms with Crippen molar-refractivity contribution in [3.8, 4) is 22.1 Å². The molecule has 0 amide bonds. The molecular weight excluding hydrogens is 470 g/mol. The summed E-state index contributed by atoms with van der Waals surface area (Å²) in [6.07, 6.45) is 3.36. The Hall–Kier alpha value is -2.89. The smallest absolute Gasteiger partial charge is 0.231 e. The minimum absolute atomic E-state index is 0.203. The number of nitrogens with one attached hydrogen (secondary N) is 1. The van der Waals surface area contributed by atoms with Gasteiger partial charge in [0.05, 0.1) is 0 Å². The van der Waals surface area contributed by atoms with E-state index < -0.39 is 0 Å². The molecule has 0 spiro atoms. The molecule has 1 aliphatic heterocycles. The minimum Gasteiger partial charge on any atom is -0.454 e. The Morgan fingerprint density at radius 3 is 2.71 bits per heavy atom. The molecule has 34 heavy (non-hydrogen) atoms. The van der Waals surface area contributed by atoms with Crippen LogP contribution in [-0.4, -0.2) is 44.4 Å². The summed E-state index contributed by atoms with van der Waals surface area (Å²) in [6, 6.07) is 3.99. The van der Waals surface area contributed by atoms with Crippen molar-refractivity contribution in [1.29, 1.82) is 0 Å². The van der Waals surface area contributed by atoms with E-state index in [0.717, 1.165) is 50.0 Å². The van der Waals surface area contributed by atoms with Gasteiger partial charge in [-0.25, -0.2) is 19.9 Å². The number of rotatable bonds is 7. The van der Waals surface area contributed by atoms with E-state index in [4.69, 9.17) is 20.2 Å². The van der Waals surface area contributed by atoms with Gasteiger partial charge in [0.1, 0.15) is 11.3 Å². The van der Waals surface area contributed by atoms with Crippen molar-refractivity contribution in [2.24, 2.45) is 5.41 Å². The summed E-state index contributed by atoms with van der Waals surface area (Å²) in [5.41, 5.74) is 8.66. The SMILES string of the molecule is Cc1cnc(-c2cc3c(cc2Sc2nc4c(N)ncnc4n2CCNCC(C)(C)C)OCO3)s1. The van der Waals surface area contributed by atoms with E-state index in [1.807, 2.05) is 25.3 Å². The minimum atomic E-state index is 0.203. The summed E-state index contributed by atoms with van der Waals surface area (Å²) >= 11 is 3.18. The molecule has 0 aliphatic carbocycles. The fourth-order valence-corrected chi connectivity index (χ4v) is 5.53. The first-order chi connectivity index (χ1) is 16.3. The summed E-state index contributed by atoms with van der Waals surface area (Å²) in [4.78, 5) is 20.2. The summed E-state index contributed by atoms with van der Waals surface area (Å²) in [6.45, 7) is 11.3. The average molecular weight is 498 g/mol. The molecule has 3 aromatic heterocycles. The quantitative estimate of drug-likeness (QED) is 0.360. The normalized spacial score (nSPS) is 13.2. The second-order valence-electron chi connectivity index (χ2n) is 9.29. The van der Waals surface area contributed by atoms with Gasteiger partial charge in [-0.2, -0.15) is 0 Å². The fraction of sp³-hybridized carbons (Fsp3) is 0.391. The second-order valence-corrected chi connectivity index (χ2v) is 11.5. The van der Waals surface area contributed by atoms with Crippen LogP contribution in [0.2, 0.25) is 0 Å². The molecule has 3 N–H and O–H groups in total. The lowest BCUT2D eigenvalue weighted by atomic mass is 9.97. The summed E-state index contributed by atoms with van der Waals surface area (Å²) in [5, 5.41) is 5.24. The predicted molar refractivity (Wildman–Crippen MR) is 135 cm³/mol. The number of fused-ring (bicyclic) bond motifs is 2. The van der Waals surface area contributed by atoms with Gasteiger partial charge in [-0.05, 0) is 24.5 Å². The Labute approximate surface area is 206 Å². The van der Waals surface area contributed by atoms with Crippen LogP contribution in [0.1, 0.15) is 25.6 Å². The van der Waals surface area contributed by atoms with Crippen molar-refractivity contribution in [1.82, 2.24) is 29.8 Å². The maximum absolute atomic E-state index is 6.14. The van der Waals surface area contributed by atoms with Crippen LogP contribution >= 0.6 is 23.1 Å². The molecule has 11 heteroatoms. The van der Waals surface area contributed by atoms with Gasteiger partial charge in [0.15, 0.2) is 33.6 Å². The third-order valence-electron chi connectivity index (χ3n) is 5.22. The third kappa shape index (κ3) is 4.68.